The summed E-state index contributed by atoms with van der Waals surface area (Å²) in [5, 5.41) is 0.00781. The first-order chi connectivity index (χ1) is 9.90. The lowest BCUT2D eigenvalue weighted by atomic mass is 10.0. The van der Waals surface area contributed by atoms with E-state index in [0.29, 0.717) is 6.54 Å². The van der Waals surface area contributed by atoms with Crippen LogP contribution in [0.3, 0.4) is 0 Å². The molecule has 1 aromatic carbocycles. The van der Waals surface area contributed by atoms with E-state index in [1.807, 2.05) is 10.7 Å². The van der Waals surface area contributed by atoms with Crippen molar-refractivity contribution in [2.45, 2.75) is 17.7 Å². The highest BCUT2D eigenvalue weighted by atomic mass is 79.9. The number of amides is 1. The number of hydrogen-bond donors (Lipinski definition) is 0. The molecule has 1 amide bonds. The number of hydrogen-bond acceptors (Lipinski definition) is 3. The first-order valence-electron chi connectivity index (χ1n) is 6.74. The molecule has 1 aliphatic rings. The van der Waals surface area contributed by atoms with Gasteiger partial charge in [0.05, 0.1) is 0 Å². The van der Waals surface area contributed by atoms with Crippen LogP contribution in [0.2, 0.25) is 0 Å². The van der Waals surface area contributed by atoms with Crippen LogP contribution >= 0.6 is 36.1 Å². The van der Waals surface area contributed by atoms with Crippen molar-refractivity contribution in [3.63, 3.8) is 0 Å². The van der Waals surface area contributed by atoms with Crippen LogP contribution in [0, 0.1) is 0 Å². The van der Waals surface area contributed by atoms with Gasteiger partial charge in [-0.25, -0.2) is 4.20 Å². The van der Waals surface area contributed by atoms with Gasteiger partial charge < -0.3 is 4.90 Å². The maximum Gasteiger partial charge on any atom is 0.285 e. The van der Waals surface area contributed by atoms with Gasteiger partial charge in [0.25, 0.3) is 5.24 Å². The van der Waals surface area contributed by atoms with E-state index in [1.165, 1.54) is 22.9 Å². The molecule has 21 heavy (non-hydrogen) atoms. The lowest BCUT2D eigenvalue weighted by Gasteiger charge is -2.19. The summed E-state index contributed by atoms with van der Waals surface area (Å²) in [5.41, 5.74) is 2.41. The maximum absolute atomic E-state index is 13.6. The largest absolute Gasteiger partial charge is 0.339 e. The van der Waals surface area contributed by atoms with Gasteiger partial charge in [-0.05, 0) is 64.4 Å². The molecule has 0 fully saturated rings. The van der Waals surface area contributed by atoms with E-state index in [4.69, 9.17) is 0 Å². The van der Waals surface area contributed by atoms with Gasteiger partial charge in [-0.15, -0.1) is 0 Å². The molecule has 7 heteroatoms. The topological polar surface area (TPSA) is 23.6 Å². The van der Waals surface area contributed by atoms with E-state index in [0.717, 1.165) is 28.8 Å². The summed E-state index contributed by atoms with van der Waals surface area (Å²) in [4.78, 5) is 14.6. The van der Waals surface area contributed by atoms with Crippen molar-refractivity contribution in [3.8, 4) is 0 Å². The van der Waals surface area contributed by atoms with Crippen molar-refractivity contribution in [2.24, 2.45) is 0 Å². The molecule has 0 radical (unpaired) electrons. The summed E-state index contributed by atoms with van der Waals surface area (Å²) in [5.74, 6) is 0. The summed E-state index contributed by atoms with van der Waals surface area (Å²) in [6.07, 6.45) is 1.62. The van der Waals surface area contributed by atoms with Crippen molar-refractivity contribution >= 4 is 41.3 Å². The van der Waals surface area contributed by atoms with Gasteiger partial charge in [0, 0.05) is 36.6 Å². The zero-order valence-corrected chi connectivity index (χ0v) is 15.7. The Morgan fingerprint density at radius 2 is 2.05 bits per heavy atom. The predicted octanol–water partition coefficient (Wildman–Crippen LogP) is 4.53. The highest BCUT2D eigenvalue weighted by molar-refractivity contribution is 9.10. The summed E-state index contributed by atoms with van der Waals surface area (Å²) in [7, 11) is 1.96. The number of nitrogens with zero attached hydrogens (tertiary/aromatic N) is 2. The Bertz CT molecular complexity index is 542. The molecule has 0 saturated heterocycles. The third kappa shape index (κ3) is 4.19. The van der Waals surface area contributed by atoms with Crippen molar-refractivity contribution in [1.29, 1.82) is 0 Å². The van der Waals surface area contributed by atoms with Crippen molar-refractivity contribution < 1.29 is 8.99 Å². The Balaban J connectivity index is 2.30. The van der Waals surface area contributed by atoms with E-state index in [-0.39, 0.29) is 5.24 Å². The standard InChI is InChI=1S/C14H19BrFN2OPS/c1-17(2)14(19)21-13-11-7-9-18(20(3)16)8-6-10(11)4-5-12(13)15/h4-5H,6-9H2,1-3H3. The zero-order chi connectivity index (χ0) is 15.6. The third-order valence-corrected chi connectivity index (χ3v) is 6.83. The highest BCUT2D eigenvalue weighted by Crippen LogP contribution is 2.41. The maximum atomic E-state index is 13.6. The van der Waals surface area contributed by atoms with Crippen molar-refractivity contribution in [1.82, 2.24) is 9.57 Å². The first-order valence-corrected chi connectivity index (χ1v) is 9.98. The van der Waals surface area contributed by atoms with Gasteiger partial charge >= 0.3 is 0 Å². The van der Waals surface area contributed by atoms with Crippen LogP contribution in [0.1, 0.15) is 11.1 Å². The van der Waals surface area contributed by atoms with Crippen molar-refractivity contribution in [3.05, 3.63) is 27.7 Å². The Hall–Kier alpha value is -0.160. The van der Waals surface area contributed by atoms with Crippen LogP contribution < -0.4 is 0 Å². The lowest BCUT2D eigenvalue weighted by molar-refractivity contribution is 0.241. The fourth-order valence-electron chi connectivity index (χ4n) is 2.32. The average molecular weight is 393 g/mol. The van der Waals surface area contributed by atoms with Crippen molar-refractivity contribution in [2.75, 3.05) is 33.8 Å². The summed E-state index contributed by atoms with van der Waals surface area (Å²) >= 11 is 4.79. The van der Waals surface area contributed by atoms with Crippen LogP contribution in [0.25, 0.3) is 0 Å². The van der Waals surface area contributed by atoms with E-state index < -0.39 is 8.38 Å². The van der Waals surface area contributed by atoms with E-state index in [1.54, 1.807) is 25.7 Å². The Kier molecular flexibility index (Phi) is 6.06. The molecule has 1 atom stereocenters. The number of carbonyl (C=O) groups excluding carboxylic acids is 1. The molecule has 1 aliphatic heterocycles. The minimum atomic E-state index is -1.54. The highest BCUT2D eigenvalue weighted by Gasteiger charge is 2.23. The van der Waals surface area contributed by atoms with Crippen LogP contribution in [-0.2, 0) is 12.8 Å². The molecule has 0 saturated carbocycles. The van der Waals surface area contributed by atoms with Gasteiger partial charge in [-0.1, -0.05) is 6.07 Å². The number of carbonyl (C=O) groups is 1. The quantitative estimate of drug-likeness (QED) is 0.545. The van der Waals surface area contributed by atoms with Gasteiger partial charge in [0.2, 0.25) is 0 Å². The molecule has 0 aromatic heterocycles. The minimum absolute atomic E-state index is 0.00781. The molecule has 1 unspecified atom stereocenters. The number of fused-ring (bicyclic) bond motifs is 1. The molecule has 0 aliphatic carbocycles. The minimum Gasteiger partial charge on any atom is -0.339 e. The Labute approximate surface area is 139 Å². The molecule has 0 bridgehead atoms. The summed E-state index contributed by atoms with van der Waals surface area (Å²) in [6, 6.07) is 4.08. The molecular weight excluding hydrogens is 374 g/mol. The Morgan fingerprint density at radius 3 is 2.67 bits per heavy atom. The van der Waals surface area contributed by atoms with E-state index >= 15 is 0 Å². The fourth-order valence-corrected chi connectivity index (χ4v) is 4.56. The number of benzene rings is 1. The molecule has 3 nitrogen and oxygen atoms in total. The third-order valence-electron chi connectivity index (χ3n) is 3.51. The smallest absolute Gasteiger partial charge is 0.285 e. The predicted molar refractivity (Wildman–Crippen MR) is 92.0 cm³/mol. The fraction of sp³-hybridized carbons (Fsp3) is 0.500. The van der Waals surface area contributed by atoms with Crippen LogP contribution in [-0.4, -0.2) is 48.7 Å². The molecule has 1 heterocycles. The Morgan fingerprint density at radius 1 is 1.38 bits per heavy atom. The lowest BCUT2D eigenvalue weighted by Crippen LogP contribution is -2.19. The monoisotopic (exact) mass is 392 g/mol. The summed E-state index contributed by atoms with van der Waals surface area (Å²) in [6.45, 7) is 3.11. The zero-order valence-electron chi connectivity index (χ0n) is 12.4. The SMILES string of the molecule is CN(C)C(=O)Sc1c(Br)ccc2c1CCN(P(C)F)CC2. The van der Waals surface area contributed by atoms with Crippen LogP contribution in [0.5, 0.6) is 0 Å². The number of rotatable bonds is 2. The van der Waals surface area contributed by atoms with E-state index in [9.17, 15) is 8.99 Å². The molecule has 1 aromatic rings. The average Bonchev–Trinajstić information content (AvgIpc) is 2.64. The molecular formula is C14H19BrFN2OPS. The second-order valence-electron chi connectivity index (χ2n) is 5.17. The van der Waals surface area contributed by atoms with Crippen LogP contribution in [0.4, 0.5) is 8.99 Å². The van der Waals surface area contributed by atoms with Gasteiger partial charge in [-0.2, -0.15) is 0 Å². The van der Waals surface area contributed by atoms with Crippen LogP contribution in [0.15, 0.2) is 21.5 Å². The van der Waals surface area contributed by atoms with Gasteiger partial charge in [0.15, 0.2) is 8.38 Å². The molecule has 2 rings (SSSR count). The van der Waals surface area contributed by atoms with Gasteiger partial charge in [0.1, 0.15) is 0 Å². The number of thioether (sulfide) groups is 1. The summed E-state index contributed by atoms with van der Waals surface area (Å²) < 4.78 is 16.4. The second-order valence-corrected chi connectivity index (χ2v) is 8.45. The second kappa shape index (κ2) is 7.40. The number of halogens is 2. The van der Waals surface area contributed by atoms with Gasteiger partial charge in [-0.3, -0.25) is 9.46 Å². The normalized spacial score (nSPS) is 17.0. The van der Waals surface area contributed by atoms with E-state index in [2.05, 4.69) is 22.0 Å². The molecule has 116 valence electrons. The molecule has 0 spiro atoms. The first kappa shape index (κ1) is 17.2. The molecule has 0 N–H and O–H groups in total.